The van der Waals surface area contributed by atoms with Crippen LogP contribution >= 0.6 is 0 Å². The van der Waals surface area contributed by atoms with Crippen LogP contribution in [-0.4, -0.2) is 50.0 Å². The van der Waals surface area contributed by atoms with Gasteiger partial charge in [0.05, 0.1) is 12.2 Å². The van der Waals surface area contributed by atoms with Crippen LogP contribution in [0.15, 0.2) is 0 Å². The number of rotatable bonds is 5. The van der Waals surface area contributed by atoms with Crippen LogP contribution in [0.25, 0.3) is 0 Å². The summed E-state index contributed by atoms with van der Waals surface area (Å²) in [6.45, 7) is 7.02. The molecule has 2 aliphatic rings. The van der Waals surface area contributed by atoms with Gasteiger partial charge in [-0.1, -0.05) is 0 Å². The second-order valence-corrected chi connectivity index (χ2v) is 5.95. The van der Waals surface area contributed by atoms with Crippen molar-refractivity contribution < 1.29 is 14.3 Å². The molecule has 2 atom stereocenters. The number of carbonyl (C=O) groups is 1. The second-order valence-electron chi connectivity index (χ2n) is 5.95. The largest absolute Gasteiger partial charge is 0.378 e. The molecular formula is C14H26N2O3. The predicted molar refractivity (Wildman–Crippen MR) is 73.0 cm³/mol. The summed E-state index contributed by atoms with van der Waals surface area (Å²) in [5, 5.41) is 6.39. The van der Waals surface area contributed by atoms with Gasteiger partial charge in [-0.2, -0.15) is 0 Å². The van der Waals surface area contributed by atoms with Crippen LogP contribution in [0, 0.1) is 0 Å². The third-order valence-corrected chi connectivity index (χ3v) is 3.79. The second kappa shape index (κ2) is 6.68. The first kappa shape index (κ1) is 14.8. The van der Waals surface area contributed by atoms with Gasteiger partial charge in [0.1, 0.15) is 0 Å². The lowest BCUT2D eigenvalue weighted by atomic mass is 9.89. The van der Waals surface area contributed by atoms with E-state index in [0.717, 1.165) is 45.6 Å². The average molecular weight is 270 g/mol. The molecule has 2 rings (SSSR count). The van der Waals surface area contributed by atoms with Crippen molar-refractivity contribution in [2.75, 3.05) is 26.4 Å². The number of hydrogen-bond donors (Lipinski definition) is 2. The van der Waals surface area contributed by atoms with Gasteiger partial charge in [-0.3, -0.25) is 4.79 Å². The summed E-state index contributed by atoms with van der Waals surface area (Å²) >= 11 is 0. The first-order chi connectivity index (χ1) is 9.10. The summed E-state index contributed by atoms with van der Waals surface area (Å²) in [5.74, 6) is 0.119. The fraction of sp³-hybridized carbons (Fsp3) is 0.929. The molecule has 0 aliphatic carbocycles. The number of ether oxygens (including phenoxy) is 2. The molecule has 2 unspecified atom stereocenters. The molecule has 2 aliphatic heterocycles. The van der Waals surface area contributed by atoms with Crippen molar-refractivity contribution in [3.63, 3.8) is 0 Å². The molecule has 5 nitrogen and oxygen atoms in total. The molecule has 2 saturated heterocycles. The highest BCUT2D eigenvalue weighted by atomic mass is 16.6. The Bertz CT molecular complexity index is 301. The zero-order valence-electron chi connectivity index (χ0n) is 12.0. The lowest BCUT2D eigenvalue weighted by molar-refractivity contribution is -0.121. The van der Waals surface area contributed by atoms with Gasteiger partial charge >= 0.3 is 0 Å². The summed E-state index contributed by atoms with van der Waals surface area (Å²) < 4.78 is 11.3. The SMILES string of the molecule is CC(C)NC(=O)CCNC1CCOC2(CCOC2)C1. The van der Waals surface area contributed by atoms with Gasteiger partial charge in [0, 0.05) is 44.7 Å². The average Bonchev–Trinajstić information content (AvgIpc) is 2.76. The van der Waals surface area contributed by atoms with Gasteiger partial charge in [-0.15, -0.1) is 0 Å². The Labute approximate surface area is 115 Å². The molecule has 0 aromatic carbocycles. The lowest BCUT2D eigenvalue weighted by Gasteiger charge is -2.37. The number of nitrogens with one attached hydrogen (secondary N) is 2. The van der Waals surface area contributed by atoms with Crippen molar-refractivity contribution in [2.24, 2.45) is 0 Å². The van der Waals surface area contributed by atoms with Crippen molar-refractivity contribution in [1.29, 1.82) is 0 Å². The highest BCUT2D eigenvalue weighted by molar-refractivity contribution is 5.76. The molecule has 0 saturated carbocycles. The molecule has 0 bridgehead atoms. The Morgan fingerprint density at radius 2 is 2.26 bits per heavy atom. The van der Waals surface area contributed by atoms with E-state index in [1.807, 2.05) is 13.8 Å². The van der Waals surface area contributed by atoms with Gasteiger partial charge in [0.15, 0.2) is 0 Å². The normalized spacial score (nSPS) is 31.0. The van der Waals surface area contributed by atoms with Crippen LogP contribution in [0.5, 0.6) is 0 Å². The Hall–Kier alpha value is -0.650. The first-order valence-corrected chi connectivity index (χ1v) is 7.34. The Morgan fingerprint density at radius 1 is 1.42 bits per heavy atom. The molecule has 0 aromatic rings. The van der Waals surface area contributed by atoms with Gasteiger partial charge < -0.3 is 20.1 Å². The van der Waals surface area contributed by atoms with E-state index >= 15 is 0 Å². The smallest absolute Gasteiger partial charge is 0.221 e. The topological polar surface area (TPSA) is 59.6 Å². The third kappa shape index (κ3) is 4.44. The standard InChI is InChI=1S/C14H26N2O3/c1-11(2)16-13(17)3-6-15-12-4-7-19-14(9-12)5-8-18-10-14/h11-12,15H,3-10H2,1-2H3,(H,16,17). The van der Waals surface area contributed by atoms with E-state index in [2.05, 4.69) is 10.6 Å². The molecular weight excluding hydrogens is 244 g/mol. The maximum Gasteiger partial charge on any atom is 0.221 e. The van der Waals surface area contributed by atoms with Gasteiger partial charge in [0.2, 0.25) is 5.91 Å². The fourth-order valence-corrected chi connectivity index (χ4v) is 2.85. The molecule has 1 spiro atoms. The molecule has 2 heterocycles. The number of hydrogen-bond acceptors (Lipinski definition) is 4. The molecule has 19 heavy (non-hydrogen) atoms. The van der Waals surface area contributed by atoms with E-state index in [9.17, 15) is 4.79 Å². The molecule has 0 aromatic heterocycles. The Kier molecular flexibility index (Phi) is 5.19. The summed E-state index contributed by atoms with van der Waals surface area (Å²) in [5.41, 5.74) is -0.0594. The van der Waals surface area contributed by atoms with Crippen LogP contribution in [0.4, 0.5) is 0 Å². The fourth-order valence-electron chi connectivity index (χ4n) is 2.85. The zero-order chi connectivity index (χ0) is 13.7. The molecule has 110 valence electrons. The van der Waals surface area contributed by atoms with E-state index in [1.165, 1.54) is 0 Å². The van der Waals surface area contributed by atoms with Gasteiger partial charge in [0.25, 0.3) is 0 Å². The lowest BCUT2D eigenvalue weighted by Crippen LogP contribution is -2.48. The van der Waals surface area contributed by atoms with Crippen LogP contribution in [-0.2, 0) is 14.3 Å². The van der Waals surface area contributed by atoms with E-state index in [0.29, 0.717) is 12.5 Å². The van der Waals surface area contributed by atoms with Crippen LogP contribution in [0.2, 0.25) is 0 Å². The molecule has 1 amide bonds. The van der Waals surface area contributed by atoms with Crippen molar-refractivity contribution in [3.8, 4) is 0 Å². The quantitative estimate of drug-likeness (QED) is 0.777. The molecule has 2 N–H and O–H groups in total. The monoisotopic (exact) mass is 270 g/mol. The van der Waals surface area contributed by atoms with E-state index < -0.39 is 0 Å². The van der Waals surface area contributed by atoms with Crippen LogP contribution < -0.4 is 10.6 Å². The Morgan fingerprint density at radius 3 is 2.95 bits per heavy atom. The van der Waals surface area contributed by atoms with Crippen LogP contribution in [0.1, 0.15) is 39.5 Å². The van der Waals surface area contributed by atoms with Crippen molar-refractivity contribution >= 4 is 5.91 Å². The molecule has 5 heteroatoms. The van der Waals surface area contributed by atoms with Crippen molar-refractivity contribution in [3.05, 3.63) is 0 Å². The maximum atomic E-state index is 11.5. The number of amides is 1. The summed E-state index contributed by atoms with van der Waals surface area (Å²) in [7, 11) is 0. The predicted octanol–water partition coefficient (Wildman–Crippen LogP) is 0.829. The van der Waals surface area contributed by atoms with Crippen molar-refractivity contribution in [2.45, 2.75) is 57.2 Å². The van der Waals surface area contributed by atoms with E-state index in [1.54, 1.807) is 0 Å². The molecule has 0 radical (unpaired) electrons. The molecule has 2 fully saturated rings. The summed E-state index contributed by atoms with van der Waals surface area (Å²) in [6, 6.07) is 0.664. The minimum Gasteiger partial charge on any atom is -0.378 e. The minimum atomic E-state index is -0.0594. The Balaban J connectivity index is 1.67. The highest BCUT2D eigenvalue weighted by Gasteiger charge is 2.40. The van der Waals surface area contributed by atoms with Gasteiger partial charge in [-0.25, -0.2) is 0 Å². The number of carbonyl (C=O) groups excluding carboxylic acids is 1. The van der Waals surface area contributed by atoms with Crippen LogP contribution in [0.3, 0.4) is 0 Å². The maximum absolute atomic E-state index is 11.5. The van der Waals surface area contributed by atoms with E-state index in [-0.39, 0.29) is 17.6 Å². The third-order valence-electron chi connectivity index (χ3n) is 3.79. The zero-order valence-corrected chi connectivity index (χ0v) is 12.0. The first-order valence-electron chi connectivity index (χ1n) is 7.34. The van der Waals surface area contributed by atoms with Gasteiger partial charge in [-0.05, 0) is 26.7 Å². The highest BCUT2D eigenvalue weighted by Crippen LogP contribution is 2.32. The summed E-state index contributed by atoms with van der Waals surface area (Å²) in [4.78, 5) is 11.5. The van der Waals surface area contributed by atoms with Crippen molar-refractivity contribution in [1.82, 2.24) is 10.6 Å². The van der Waals surface area contributed by atoms with E-state index in [4.69, 9.17) is 9.47 Å². The minimum absolute atomic E-state index is 0.0594. The summed E-state index contributed by atoms with van der Waals surface area (Å²) in [6.07, 6.45) is 3.56.